The molecule has 0 amide bonds. The molecule has 0 spiro atoms. The summed E-state index contributed by atoms with van der Waals surface area (Å²) in [4.78, 5) is 4.07. The second-order valence-electron chi connectivity index (χ2n) is 4.73. The molecule has 6 nitrogen and oxygen atoms in total. The second kappa shape index (κ2) is 7.08. The molecule has 0 aliphatic carbocycles. The van der Waals surface area contributed by atoms with E-state index in [2.05, 4.69) is 20.6 Å². The van der Waals surface area contributed by atoms with Crippen molar-refractivity contribution < 1.29 is 8.42 Å². The Morgan fingerprint density at radius 1 is 1.00 bits per heavy atom. The molecule has 0 radical (unpaired) electrons. The van der Waals surface area contributed by atoms with Crippen molar-refractivity contribution >= 4 is 49.5 Å². The lowest BCUT2D eigenvalue weighted by atomic mass is 10.3. The van der Waals surface area contributed by atoms with Gasteiger partial charge in [0.25, 0.3) is 10.0 Å². The number of halogens is 1. The second-order valence-corrected chi connectivity index (χ2v) is 7.74. The van der Waals surface area contributed by atoms with Gasteiger partial charge in [0.15, 0.2) is 5.13 Å². The van der Waals surface area contributed by atoms with Crippen molar-refractivity contribution in [1.29, 1.82) is 0 Å². The number of rotatable bonds is 6. The summed E-state index contributed by atoms with van der Waals surface area (Å²) in [6.07, 6.45) is 1.54. The smallest absolute Gasteiger partial charge is 0.263 e. The van der Waals surface area contributed by atoms with Crippen LogP contribution in [0.25, 0.3) is 0 Å². The Morgan fingerprint density at radius 3 is 2.42 bits per heavy atom. The number of thiazole rings is 1. The third kappa shape index (κ3) is 4.16. The molecule has 3 N–H and O–H groups in total. The fourth-order valence-electron chi connectivity index (χ4n) is 1.88. The van der Waals surface area contributed by atoms with E-state index in [9.17, 15) is 8.42 Å². The van der Waals surface area contributed by atoms with Crippen LogP contribution in [-0.4, -0.2) is 13.4 Å². The lowest BCUT2D eigenvalue weighted by Crippen LogP contribution is -2.13. The zero-order valence-corrected chi connectivity index (χ0v) is 14.6. The van der Waals surface area contributed by atoms with Gasteiger partial charge in [0.1, 0.15) is 0 Å². The van der Waals surface area contributed by atoms with Gasteiger partial charge in [-0.3, -0.25) is 4.72 Å². The van der Waals surface area contributed by atoms with Crippen molar-refractivity contribution in [1.82, 2.24) is 4.98 Å². The van der Waals surface area contributed by atoms with Crippen molar-refractivity contribution in [3.8, 4) is 0 Å². The molecule has 0 fully saturated rings. The summed E-state index contributed by atoms with van der Waals surface area (Å²) in [5.41, 5.74) is 7.47. The highest BCUT2D eigenvalue weighted by atomic mass is 35.5. The lowest BCUT2D eigenvalue weighted by Gasteiger charge is -2.11. The van der Waals surface area contributed by atoms with Gasteiger partial charge in [-0.15, -0.1) is 11.3 Å². The molecule has 0 saturated carbocycles. The molecule has 0 unspecified atom stereocenters. The first-order valence-electron chi connectivity index (χ1n) is 6.83. The monoisotopic (exact) mass is 380 g/mol. The standard InChI is InChI=1S/C15H13ClN4O2S2/c16-11-2-1-3-13(10-11)19-18-12-4-6-14(7-5-12)24(21,22)20-15-17-8-9-23-15/h1-10,18-19H,(H,17,20). The van der Waals surface area contributed by atoms with Gasteiger partial charge in [-0.2, -0.15) is 0 Å². The number of hydrogen-bond acceptors (Lipinski definition) is 6. The van der Waals surface area contributed by atoms with E-state index in [1.807, 2.05) is 12.1 Å². The van der Waals surface area contributed by atoms with Gasteiger partial charge in [0, 0.05) is 16.6 Å². The highest BCUT2D eigenvalue weighted by molar-refractivity contribution is 7.93. The molecule has 3 rings (SSSR count). The van der Waals surface area contributed by atoms with Crippen LogP contribution in [0.2, 0.25) is 5.02 Å². The van der Waals surface area contributed by atoms with Gasteiger partial charge in [-0.25, -0.2) is 13.4 Å². The van der Waals surface area contributed by atoms with Gasteiger partial charge in [0.05, 0.1) is 16.3 Å². The van der Waals surface area contributed by atoms with Gasteiger partial charge >= 0.3 is 0 Å². The van der Waals surface area contributed by atoms with E-state index in [1.165, 1.54) is 29.7 Å². The molecule has 0 aliphatic heterocycles. The number of anilines is 3. The van der Waals surface area contributed by atoms with E-state index >= 15 is 0 Å². The Kier molecular flexibility index (Phi) is 4.89. The number of hydrogen-bond donors (Lipinski definition) is 3. The quantitative estimate of drug-likeness (QED) is 0.562. The zero-order chi connectivity index (χ0) is 17.0. The van der Waals surface area contributed by atoms with Crippen LogP contribution in [0.4, 0.5) is 16.5 Å². The molecule has 0 bridgehead atoms. The van der Waals surface area contributed by atoms with Crippen molar-refractivity contribution in [3.63, 3.8) is 0 Å². The van der Waals surface area contributed by atoms with Crippen molar-refractivity contribution in [2.45, 2.75) is 4.90 Å². The molecule has 1 heterocycles. The molecule has 124 valence electrons. The van der Waals surface area contributed by atoms with E-state index in [0.29, 0.717) is 15.8 Å². The van der Waals surface area contributed by atoms with E-state index < -0.39 is 10.0 Å². The number of nitrogens with zero attached hydrogens (tertiary/aromatic N) is 1. The summed E-state index contributed by atoms with van der Waals surface area (Å²) in [5, 5.41) is 2.66. The van der Waals surface area contributed by atoms with Gasteiger partial charge in [-0.05, 0) is 42.5 Å². The maximum Gasteiger partial charge on any atom is 0.263 e. The first-order valence-corrected chi connectivity index (χ1v) is 9.57. The average Bonchev–Trinajstić information content (AvgIpc) is 3.06. The number of benzene rings is 2. The number of aromatic nitrogens is 1. The van der Waals surface area contributed by atoms with Crippen LogP contribution in [0.15, 0.2) is 65.0 Å². The maximum atomic E-state index is 12.2. The predicted molar refractivity (Wildman–Crippen MR) is 98.1 cm³/mol. The summed E-state index contributed by atoms with van der Waals surface area (Å²) < 4.78 is 26.9. The summed E-state index contributed by atoms with van der Waals surface area (Å²) in [7, 11) is -3.64. The summed E-state index contributed by atoms with van der Waals surface area (Å²) in [5.74, 6) is 0. The molecule has 0 aliphatic rings. The Labute approximate surface area is 148 Å². The normalized spacial score (nSPS) is 11.0. The van der Waals surface area contributed by atoms with Crippen LogP contribution in [0.3, 0.4) is 0 Å². The molecule has 2 aromatic carbocycles. The Morgan fingerprint density at radius 2 is 1.75 bits per heavy atom. The molecule has 24 heavy (non-hydrogen) atoms. The molecular formula is C15H13ClN4O2S2. The lowest BCUT2D eigenvalue weighted by molar-refractivity contribution is 0.601. The number of sulfonamides is 1. The minimum Gasteiger partial charge on any atom is -0.301 e. The fraction of sp³-hybridized carbons (Fsp3) is 0. The van der Waals surface area contributed by atoms with Crippen molar-refractivity contribution in [3.05, 3.63) is 65.1 Å². The van der Waals surface area contributed by atoms with Gasteiger partial charge < -0.3 is 10.9 Å². The SMILES string of the molecule is O=S(=O)(Nc1nccs1)c1ccc(NNc2cccc(Cl)c2)cc1. The Bertz CT molecular complexity index is 913. The molecule has 0 saturated heterocycles. The average molecular weight is 381 g/mol. The first kappa shape index (κ1) is 16.6. The summed E-state index contributed by atoms with van der Waals surface area (Å²) >= 11 is 7.13. The molecule has 3 aromatic rings. The van der Waals surface area contributed by atoms with Crippen LogP contribution in [0, 0.1) is 0 Å². The molecular weight excluding hydrogens is 368 g/mol. The van der Waals surface area contributed by atoms with Crippen LogP contribution >= 0.6 is 22.9 Å². The van der Waals surface area contributed by atoms with Crippen LogP contribution < -0.4 is 15.6 Å². The highest BCUT2D eigenvalue weighted by Crippen LogP contribution is 2.20. The summed E-state index contributed by atoms with van der Waals surface area (Å²) in [6, 6.07) is 13.6. The van der Waals surface area contributed by atoms with Gasteiger partial charge in [-0.1, -0.05) is 17.7 Å². The van der Waals surface area contributed by atoms with Crippen LogP contribution in [0.5, 0.6) is 0 Å². The van der Waals surface area contributed by atoms with E-state index in [1.54, 1.807) is 29.6 Å². The fourth-order valence-corrected chi connectivity index (χ4v) is 3.85. The van der Waals surface area contributed by atoms with Crippen molar-refractivity contribution in [2.24, 2.45) is 0 Å². The van der Waals surface area contributed by atoms with E-state index in [0.717, 1.165) is 5.69 Å². The Balaban J connectivity index is 1.66. The largest absolute Gasteiger partial charge is 0.301 e. The summed E-state index contributed by atoms with van der Waals surface area (Å²) in [6.45, 7) is 0. The highest BCUT2D eigenvalue weighted by Gasteiger charge is 2.15. The van der Waals surface area contributed by atoms with E-state index in [-0.39, 0.29) is 4.90 Å². The third-order valence-electron chi connectivity index (χ3n) is 2.99. The zero-order valence-electron chi connectivity index (χ0n) is 12.2. The van der Waals surface area contributed by atoms with E-state index in [4.69, 9.17) is 11.6 Å². The molecule has 1 aromatic heterocycles. The Hall–Kier alpha value is -2.29. The maximum absolute atomic E-state index is 12.2. The minimum absolute atomic E-state index is 0.158. The van der Waals surface area contributed by atoms with Gasteiger partial charge in [0.2, 0.25) is 0 Å². The van der Waals surface area contributed by atoms with Crippen LogP contribution in [-0.2, 0) is 10.0 Å². The minimum atomic E-state index is -3.64. The molecule has 9 heteroatoms. The molecule has 0 atom stereocenters. The number of hydrazine groups is 1. The van der Waals surface area contributed by atoms with Crippen molar-refractivity contribution in [2.75, 3.05) is 15.6 Å². The topological polar surface area (TPSA) is 83.1 Å². The predicted octanol–water partition coefficient (Wildman–Crippen LogP) is 4.04. The number of nitrogens with one attached hydrogen (secondary N) is 3. The first-order chi connectivity index (χ1) is 11.5. The van der Waals surface area contributed by atoms with Crippen LogP contribution in [0.1, 0.15) is 0 Å². The third-order valence-corrected chi connectivity index (χ3v) is 5.40.